The number of rotatable bonds is 5. The van der Waals surface area contributed by atoms with Gasteiger partial charge in [-0.2, -0.15) is 0 Å². The Labute approximate surface area is 101 Å². The Bertz CT molecular complexity index is 380. The largest absolute Gasteiger partial charge is 0.478 e. The maximum absolute atomic E-state index is 10.3. The van der Waals surface area contributed by atoms with E-state index in [1.54, 1.807) is 6.08 Å². The van der Waals surface area contributed by atoms with Crippen LogP contribution in [0.4, 0.5) is 0 Å². The molecule has 0 spiro atoms. The Balaban J connectivity index is 2.60. The molecular formula is C11H11BrO2S. The minimum Gasteiger partial charge on any atom is -0.478 e. The van der Waals surface area contributed by atoms with Gasteiger partial charge in [0.15, 0.2) is 0 Å². The summed E-state index contributed by atoms with van der Waals surface area (Å²) in [4.78, 5) is 11.2. The monoisotopic (exact) mass is 286 g/mol. The lowest BCUT2D eigenvalue weighted by atomic mass is 10.2. The van der Waals surface area contributed by atoms with Gasteiger partial charge in [-0.05, 0) is 29.5 Å². The van der Waals surface area contributed by atoms with Gasteiger partial charge in [-0.15, -0.1) is 11.3 Å². The zero-order chi connectivity index (χ0) is 11.1. The van der Waals surface area contributed by atoms with Crippen LogP contribution in [-0.4, -0.2) is 16.4 Å². The fraction of sp³-hybridized carbons (Fsp3) is 0.182. The van der Waals surface area contributed by atoms with Crippen molar-refractivity contribution >= 4 is 45.4 Å². The number of aliphatic carboxylic acids is 1. The topological polar surface area (TPSA) is 37.3 Å². The lowest BCUT2D eigenvalue weighted by molar-refractivity contribution is -0.131. The predicted octanol–water partition coefficient (Wildman–Crippen LogP) is 3.64. The summed E-state index contributed by atoms with van der Waals surface area (Å²) in [5, 5.41) is 11.4. The predicted molar refractivity (Wildman–Crippen MR) is 68.4 cm³/mol. The highest BCUT2D eigenvalue weighted by atomic mass is 79.9. The normalized spacial score (nSPS) is 11.5. The first-order valence-corrected chi connectivity index (χ1v) is 6.44. The van der Waals surface area contributed by atoms with E-state index in [9.17, 15) is 4.79 Å². The fourth-order valence-corrected chi connectivity index (χ4v) is 2.01. The molecule has 15 heavy (non-hydrogen) atoms. The van der Waals surface area contributed by atoms with E-state index in [4.69, 9.17) is 5.11 Å². The molecular weight excluding hydrogens is 276 g/mol. The number of hydrogen-bond donors (Lipinski definition) is 1. The zero-order valence-corrected chi connectivity index (χ0v) is 10.4. The second-order valence-corrected chi connectivity index (χ2v) is 4.57. The van der Waals surface area contributed by atoms with Gasteiger partial charge >= 0.3 is 5.97 Å². The van der Waals surface area contributed by atoms with Crippen molar-refractivity contribution in [3.63, 3.8) is 0 Å². The molecule has 0 atom stereocenters. The SMILES string of the molecule is O=C(O)/C=C/c1cc(C=CCCBr)cs1. The first-order chi connectivity index (χ1) is 7.22. The van der Waals surface area contributed by atoms with Gasteiger partial charge in [0.2, 0.25) is 0 Å². The Hall–Kier alpha value is -0.870. The van der Waals surface area contributed by atoms with E-state index >= 15 is 0 Å². The van der Waals surface area contributed by atoms with Gasteiger partial charge in [0.05, 0.1) is 0 Å². The molecule has 80 valence electrons. The van der Waals surface area contributed by atoms with Gasteiger partial charge in [0, 0.05) is 16.3 Å². The van der Waals surface area contributed by atoms with E-state index < -0.39 is 5.97 Å². The van der Waals surface area contributed by atoms with Crippen molar-refractivity contribution in [2.75, 3.05) is 5.33 Å². The van der Waals surface area contributed by atoms with Crippen LogP contribution < -0.4 is 0 Å². The quantitative estimate of drug-likeness (QED) is 0.663. The van der Waals surface area contributed by atoms with E-state index in [1.165, 1.54) is 11.3 Å². The maximum Gasteiger partial charge on any atom is 0.328 e. The molecule has 1 N–H and O–H groups in total. The zero-order valence-electron chi connectivity index (χ0n) is 8.02. The summed E-state index contributed by atoms with van der Waals surface area (Å²) in [5.74, 6) is -0.917. The van der Waals surface area contributed by atoms with Gasteiger partial charge < -0.3 is 5.11 Å². The lowest BCUT2D eigenvalue weighted by Crippen LogP contribution is -1.84. The molecule has 0 unspecified atom stereocenters. The molecule has 0 aromatic carbocycles. The Morgan fingerprint density at radius 2 is 2.33 bits per heavy atom. The van der Waals surface area contributed by atoms with E-state index in [-0.39, 0.29) is 0 Å². The van der Waals surface area contributed by atoms with Gasteiger partial charge in [0.25, 0.3) is 0 Å². The number of halogens is 1. The molecule has 0 bridgehead atoms. The van der Waals surface area contributed by atoms with Crippen LogP contribution in [0.25, 0.3) is 12.2 Å². The number of carbonyl (C=O) groups is 1. The first kappa shape index (κ1) is 12.2. The molecule has 0 aliphatic carbocycles. The summed E-state index contributed by atoms with van der Waals surface area (Å²) in [6.45, 7) is 0. The van der Waals surface area contributed by atoms with Crippen LogP contribution in [0.2, 0.25) is 0 Å². The molecule has 1 heterocycles. The summed E-state index contributed by atoms with van der Waals surface area (Å²) < 4.78 is 0. The molecule has 1 rings (SSSR count). The van der Waals surface area contributed by atoms with E-state index in [0.717, 1.165) is 28.3 Å². The number of alkyl halides is 1. The van der Waals surface area contributed by atoms with E-state index in [0.29, 0.717) is 0 Å². The summed E-state index contributed by atoms with van der Waals surface area (Å²) in [5.41, 5.74) is 1.12. The van der Waals surface area contributed by atoms with Crippen LogP contribution >= 0.6 is 27.3 Å². The molecule has 0 aliphatic rings. The van der Waals surface area contributed by atoms with E-state index in [1.807, 2.05) is 17.5 Å². The van der Waals surface area contributed by atoms with Gasteiger partial charge in [0.1, 0.15) is 0 Å². The van der Waals surface area contributed by atoms with Crippen LogP contribution in [0.15, 0.2) is 23.6 Å². The van der Waals surface area contributed by atoms with Crippen molar-refractivity contribution in [2.24, 2.45) is 0 Å². The van der Waals surface area contributed by atoms with Crippen molar-refractivity contribution in [1.82, 2.24) is 0 Å². The van der Waals surface area contributed by atoms with Crippen molar-refractivity contribution in [2.45, 2.75) is 6.42 Å². The molecule has 2 nitrogen and oxygen atoms in total. The summed E-state index contributed by atoms with van der Waals surface area (Å²) >= 11 is 4.88. The van der Waals surface area contributed by atoms with Gasteiger partial charge in [-0.25, -0.2) is 4.79 Å². The van der Waals surface area contributed by atoms with Crippen LogP contribution in [-0.2, 0) is 4.79 Å². The first-order valence-electron chi connectivity index (χ1n) is 4.44. The number of carboxylic acid groups (broad SMARTS) is 1. The van der Waals surface area contributed by atoms with Crippen LogP contribution in [0, 0.1) is 0 Å². The number of allylic oxidation sites excluding steroid dienone is 1. The van der Waals surface area contributed by atoms with Crippen molar-refractivity contribution in [3.05, 3.63) is 34.0 Å². The van der Waals surface area contributed by atoms with Crippen LogP contribution in [0.5, 0.6) is 0 Å². The number of hydrogen-bond acceptors (Lipinski definition) is 2. The Kier molecular flexibility index (Phi) is 5.36. The molecule has 0 fully saturated rings. The molecule has 0 radical (unpaired) electrons. The molecule has 1 aromatic heterocycles. The fourth-order valence-electron chi connectivity index (χ4n) is 0.979. The third-order valence-corrected chi connectivity index (χ3v) is 2.99. The molecule has 0 aliphatic heterocycles. The second kappa shape index (κ2) is 6.58. The van der Waals surface area contributed by atoms with Crippen LogP contribution in [0.3, 0.4) is 0 Å². The molecule has 0 amide bonds. The van der Waals surface area contributed by atoms with Crippen molar-refractivity contribution in [3.8, 4) is 0 Å². The second-order valence-electron chi connectivity index (χ2n) is 2.83. The Morgan fingerprint density at radius 1 is 1.53 bits per heavy atom. The standard InChI is InChI=1S/C11H11BrO2S/c12-6-2-1-3-9-7-10(15-8-9)4-5-11(13)14/h1,3-5,7-8H,2,6H2,(H,13,14)/b3-1?,5-4+. The van der Waals surface area contributed by atoms with E-state index in [2.05, 4.69) is 22.0 Å². The molecule has 0 saturated heterocycles. The Morgan fingerprint density at radius 3 is 3.00 bits per heavy atom. The minimum atomic E-state index is -0.917. The minimum absolute atomic E-state index is 0.917. The molecule has 0 saturated carbocycles. The summed E-state index contributed by atoms with van der Waals surface area (Å²) in [7, 11) is 0. The third-order valence-electron chi connectivity index (χ3n) is 1.62. The molecule has 4 heteroatoms. The maximum atomic E-state index is 10.3. The summed E-state index contributed by atoms with van der Waals surface area (Å²) in [6.07, 6.45) is 7.88. The smallest absolute Gasteiger partial charge is 0.328 e. The highest BCUT2D eigenvalue weighted by molar-refractivity contribution is 9.09. The average molecular weight is 287 g/mol. The molecule has 1 aromatic rings. The van der Waals surface area contributed by atoms with Gasteiger partial charge in [-0.3, -0.25) is 0 Å². The highest BCUT2D eigenvalue weighted by Crippen LogP contribution is 2.17. The van der Waals surface area contributed by atoms with Crippen LogP contribution in [0.1, 0.15) is 16.9 Å². The number of thiophene rings is 1. The highest BCUT2D eigenvalue weighted by Gasteiger charge is 1.94. The third kappa shape index (κ3) is 4.95. The number of carboxylic acids is 1. The van der Waals surface area contributed by atoms with Gasteiger partial charge in [-0.1, -0.05) is 28.1 Å². The lowest BCUT2D eigenvalue weighted by Gasteiger charge is -1.83. The van der Waals surface area contributed by atoms with Crippen molar-refractivity contribution in [1.29, 1.82) is 0 Å². The summed E-state index contributed by atoms with van der Waals surface area (Å²) in [6, 6.07) is 1.97. The average Bonchev–Trinajstić information content (AvgIpc) is 2.63. The van der Waals surface area contributed by atoms with Crippen molar-refractivity contribution < 1.29 is 9.90 Å².